The molecule has 1 N–H and O–H groups in total. The van der Waals surface area contributed by atoms with Crippen LogP contribution in [0, 0.1) is 11.3 Å². The molecule has 0 saturated carbocycles. The van der Waals surface area contributed by atoms with Crippen molar-refractivity contribution in [3.8, 4) is 0 Å². The van der Waals surface area contributed by atoms with Gasteiger partial charge in [-0.25, -0.2) is 0 Å². The topological polar surface area (TPSA) is 29.1 Å². The van der Waals surface area contributed by atoms with E-state index < -0.39 is 0 Å². The molecule has 14 heavy (non-hydrogen) atoms. The number of amides is 1. The van der Waals surface area contributed by atoms with Crippen LogP contribution in [0.2, 0.25) is 0 Å². The minimum absolute atomic E-state index is 0.106. The molecule has 1 amide bonds. The largest absolute Gasteiger partial charge is 0.356 e. The third-order valence-corrected chi connectivity index (χ3v) is 2.81. The van der Waals surface area contributed by atoms with Crippen LogP contribution in [0.25, 0.3) is 0 Å². The molecule has 2 heteroatoms. The standard InChI is InChI=1S/C12H25NO/c1-6-12(4,5)8-7-9-13-11(14)10(2)3/h10H,6-9H2,1-5H3,(H,13,14). The molecule has 0 fully saturated rings. The van der Waals surface area contributed by atoms with E-state index in [1.54, 1.807) is 0 Å². The number of nitrogens with one attached hydrogen (secondary N) is 1. The van der Waals surface area contributed by atoms with Crippen LogP contribution in [0.3, 0.4) is 0 Å². The van der Waals surface area contributed by atoms with Gasteiger partial charge in [-0.15, -0.1) is 0 Å². The fourth-order valence-electron chi connectivity index (χ4n) is 1.16. The summed E-state index contributed by atoms with van der Waals surface area (Å²) < 4.78 is 0. The molecule has 0 radical (unpaired) electrons. The van der Waals surface area contributed by atoms with Crippen LogP contribution in [0.1, 0.15) is 53.9 Å². The highest BCUT2D eigenvalue weighted by molar-refractivity contribution is 5.77. The minimum atomic E-state index is 0.106. The lowest BCUT2D eigenvalue weighted by Crippen LogP contribution is -2.29. The zero-order valence-electron chi connectivity index (χ0n) is 10.3. The Morgan fingerprint density at radius 2 is 1.93 bits per heavy atom. The summed E-state index contributed by atoms with van der Waals surface area (Å²) in [6, 6.07) is 0. The first-order valence-corrected chi connectivity index (χ1v) is 5.67. The molecule has 0 aliphatic heterocycles. The Morgan fingerprint density at radius 3 is 2.36 bits per heavy atom. The third kappa shape index (κ3) is 6.01. The molecule has 0 saturated heterocycles. The van der Waals surface area contributed by atoms with Gasteiger partial charge >= 0.3 is 0 Å². The normalized spacial score (nSPS) is 11.9. The van der Waals surface area contributed by atoms with Crippen LogP contribution in [0.4, 0.5) is 0 Å². The molecule has 0 unspecified atom stereocenters. The van der Waals surface area contributed by atoms with Gasteiger partial charge in [-0.3, -0.25) is 4.79 Å². The molecule has 0 atom stereocenters. The number of carbonyl (C=O) groups excluding carboxylic acids is 1. The Bertz CT molecular complexity index is 173. The number of rotatable bonds is 6. The zero-order chi connectivity index (χ0) is 11.2. The Balaban J connectivity index is 3.52. The maximum atomic E-state index is 11.2. The fraction of sp³-hybridized carbons (Fsp3) is 0.917. The maximum Gasteiger partial charge on any atom is 0.222 e. The molecule has 0 spiro atoms. The predicted octanol–water partition coefficient (Wildman–Crippen LogP) is 2.98. The lowest BCUT2D eigenvalue weighted by Gasteiger charge is -2.22. The van der Waals surface area contributed by atoms with Gasteiger partial charge in [0.15, 0.2) is 0 Å². The molecule has 0 aliphatic carbocycles. The smallest absolute Gasteiger partial charge is 0.222 e. The first-order chi connectivity index (χ1) is 6.39. The lowest BCUT2D eigenvalue weighted by molar-refractivity contribution is -0.124. The number of hydrogen-bond acceptors (Lipinski definition) is 1. The second-order valence-corrected chi connectivity index (χ2v) is 5.07. The molecule has 0 aliphatic rings. The van der Waals surface area contributed by atoms with Crippen molar-refractivity contribution in [3.05, 3.63) is 0 Å². The van der Waals surface area contributed by atoms with E-state index in [-0.39, 0.29) is 11.8 Å². The molecule has 0 rings (SSSR count). The van der Waals surface area contributed by atoms with Crippen LogP contribution in [0.15, 0.2) is 0 Å². The van der Waals surface area contributed by atoms with Crippen LogP contribution < -0.4 is 5.32 Å². The third-order valence-electron chi connectivity index (χ3n) is 2.81. The van der Waals surface area contributed by atoms with Crippen molar-refractivity contribution in [3.63, 3.8) is 0 Å². The minimum Gasteiger partial charge on any atom is -0.356 e. The molecule has 0 bridgehead atoms. The Morgan fingerprint density at radius 1 is 1.36 bits per heavy atom. The lowest BCUT2D eigenvalue weighted by atomic mass is 9.85. The van der Waals surface area contributed by atoms with E-state index in [0.717, 1.165) is 13.0 Å². The van der Waals surface area contributed by atoms with Crippen LogP contribution in [0.5, 0.6) is 0 Å². The van der Waals surface area contributed by atoms with E-state index >= 15 is 0 Å². The summed E-state index contributed by atoms with van der Waals surface area (Å²) in [6.45, 7) is 11.4. The Hall–Kier alpha value is -0.530. The molecule has 0 aromatic rings. The quantitative estimate of drug-likeness (QED) is 0.655. The van der Waals surface area contributed by atoms with E-state index in [4.69, 9.17) is 0 Å². The fourth-order valence-corrected chi connectivity index (χ4v) is 1.16. The van der Waals surface area contributed by atoms with E-state index in [1.807, 2.05) is 13.8 Å². The second kappa shape index (κ2) is 6.05. The van der Waals surface area contributed by atoms with Gasteiger partial charge in [-0.2, -0.15) is 0 Å². The van der Waals surface area contributed by atoms with Crippen LogP contribution >= 0.6 is 0 Å². The number of carbonyl (C=O) groups is 1. The van der Waals surface area contributed by atoms with Gasteiger partial charge in [0.1, 0.15) is 0 Å². The first-order valence-electron chi connectivity index (χ1n) is 5.67. The van der Waals surface area contributed by atoms with Crippen molar-refractivity contribution in [1.82, 2.24) is 5.32 Å². The molecular formula is C12H25NO. The summed E-state index contributed by atoms with van der Waals surface area (Å²) in [6.07, 6.45) is 3.46. The first kappa shape index (κ1) is 13.5. The summed E-state index contributed by atoms with van der Waals surface area (Å²) in [5.41, 5.74) is 0.419. The molecular weight excluding hydrogens is 174 g/mol. The Labute approximate surface area is 88.5 Å². The molecule has 84 valence electrons. The summed E-state index contributed by atoms with van der Waals surface area (Å²) in [5.74, 6) is 0.272. The molecule has 0 heterocycles. The monoisotopic (exact) mass is 199 g/mol. The van der Waals surface area contributed by atoms with Crippen LogP contribution in [-0.4, -0.2) is 12.5 Å². The number of hydrogen-bond donors (Lipinski definition) is 1. The highest BCUT2D eigenvalue weighted by Gasteiger charge is 2.14. The summed E-state index contributed by atoms with van der Waals surface area (Å²) >= 11 is 0. The van der Waals surface area contributed by atoms with Gasteiger partial charge in [0.2, 0.25) is 5.91 Å². The van der Waals surface area contributed by atoms with Crippen molar-refractivity contribution >= 4 is 5.91 Å². The summed E-state index contributed by atoms with van der Waals surface area (Å²) in [4.78, 5) is 11.2. The molecule has 0 aromatic carbocycles. The molecule has 2 nitrogen and oxygen atoms in total. The predicted molar refractivity (Wildman–Crippen MR) is 61.2 cm³/mol. The van der Waals surface area contributed by atoms with Gasteiger partial charge in [0, 0.05) is 12.5 Å². The average Bonchev–Trinajstić information content (AvgIpc) is 2.12. The van der Waals surface area contributed by atoms with Crippen molar-refractivity contribution in [2.45, 2.75) is 53.9 Å². The SMILES string of the molecule is CCC(C)(C)CCCNC(=O)C(C)C. The summed E-state index contributed by atoms with van der Waals surface area (Å²) in [7, 11) is 0. The zero-order valence-corrected chi connectivity index (χ0v) is 10.3. The van der Waals surface area contributed by atoms with E-state index in [1.165, 1.54) is 12.8 Å². The van der Waals surface area contributed by atoms with Crippen molar-refractivity contribution < 1.29 is 4.79 Å². The van der Waals surface area contributed by atoms with Crippen LogP contribution in [-0.2, 0) is 4.79 Å². The maximum absolute atomic E-state index is 11.2. The molecule has 0 aromatic heterocycles. The second-order valence-electron chi connectivity index (χ2n) is 5.07. The highest BCUT2D eigenvalue weighted by Crippen LogP contribution is 2.25. The van der Waals surface area contributed by atoms with Crippen molar-refractivity contribution in [1.29, 1.82) is 0 Å². The highest BCUT2D eigenvalue weighted by atomic mass is 16.1. The van der Waals surface area contributed by atoms with Gasteiger partial charge in [0.25, 0.3) is 0 Å². The van der Waals surface area contributed by atoms with Gasteiger partial charge in [0.05, 0.1) is 0 Å². The van der Waals surface area contributed by atoms with E-state index in [2.05, 4.69) is 26.1 Å². The van der Waals surface area contributed by atoms with E-state index in [0.29, 0.717) is 5.41 Å². The van der Waals surface area contributed by atoms with E-state index in [9.17, 15) is 4.79 Å². The van der Waals surface area contributed by atoms with Gasteiger partial charge in [-0.1, -0.05) is 41.0 Å². The van der Waals surface area contributed by atoms with Gasteiger partial charge < -0.3 is 5.32 Å². The van der Waals surface area contributed by atoms with Crippen molar-refractivity contribution in [2.75, 3.05) is 6.54 Å². The van der Waals surface area contributed by atoms with Crippen molar-refractivity contribution in [2.24, 2.45) is 11.3 Å². The average molecular weight is 199 g/mol. The Kier molecular flexibility index (Phi) is 5.82. The van der Waals surface area contributed by atoms with Gasteiger partial charge in [-0.05, 0) is 18.3 Å². The summed E-state index contributed by atoms with van der Waals surface area (Å²) in [5, 5.41) is 2.94.